The third-order valence-electron chi connectivity index (χ3n) is 4.50. The topological polar surface area (TPSA) is 68.5 Å². The van der Waals surface area contributed by atoms with Crippen molar-refractivity contribution in [2.75, 3.05) is 0 Å². The molecule has 0 spiro atoms. The van der Waals surface area contributed by atoms with Crippen LogP contribution in [0, 0.1) is 5.82 Å². The lowest BCUT2D eigenvalue weighted by molar-refractivity contribution is 0.136. The molecule has 0 saturated carbocycles. The highest BCUT2D eigenvalue weighted by atomic mass is 19.1. The van der Waals surface area contributed by atoms with Crippen LogP contribution in [0.3, 0.4) is 0 Å². The van der Waals surface area contributed by atoms with Crippen LogP contribution in [0.1, 0.15) is 24.2 Å². The number of carbonyl (C=O) groups is 1. The van der Waals surface area contributed by atoms with Crippen molar-refractivity contribution >= 4 is 11.7 Å². The van der Waals surface area contributed by atoms with E-state index in [-0.39, 0.29) is 12.4 Å². The van der Waals surface area contributed by atoms with Gasteiger partial charge in [0.15, 0.2) is 0 Å². The second kappa shape index (κ2) is 8.10. The molecule has 4 rings (SSSR count). The first-order valence-corrected chi connectivity index (χ1v) is 9.17. The molecule has 1 aromatic carbocycles. The lowest BCUT2D eigenvalue weighted by Crippen LogP contribution is -2.27. The number of benzene rings is 1. The van der Waals surface area contributed by atoms with Gasteiger partial charge in [-0.1, -0.05) is 30.3 Å². The molecule has 3 aromatic heterocycles. The van der Waals surface area contributed by atoms with E-state index in [4.69, 9.17) is 4.74 Å². The summed E-state index contributed by atoms with van der Waals surface area (Å²) >= 11 is 0. The fraction of sp³-hybridized carbons (Fsp3) is 0.136. The van der Waals surface area contributed by atoms with E-state index in [9.17, 15) is 9.18 Å². The molecule has 0 aliphatic carbocycles. The summed E-state index contributed by atoms with van der Waals surface area (Å²) in [6, 6.07) is 15.6. The van der Waals surface area contributed by atoms with Crippen molar-refractivity contribution in [3.05, 3.63) is 90.3 Å². The van der Waals surface area contributed by atoms with Crippen LogP contribution in [-0.2, 0) is 11.3 Å². The number of alkyl carbamates (subject to hydrolysis) is 1. The number of pyridine rings is 2. The molecular formula is C22H19FN4O2. The maximum atomic E-state index is 13.9. The van der Waals surface area contributed by atoms with Crippen molar-refractivity contribution in [3.8, 4) is 11.3 Å². The van der Waals surface area contributed by atoms with Gasteiger partial charge in [0.25, 0.3) is 0 Å². The number of halogens is 1. The van der Waals surface area contributed by atoms with E-state index in [2.05, 4.69) is 15.3 Å². The smallest absolute Gasteiger partial charge is 0.407 e. The number of nitrogens with one attached hydrogen (secondary N) is 1. The Balaban J connectivity index is 1.60. The SMILES string of the molecule is CC(NC(=O)OCc1ccccc1)c1nc2ccc(F)cn2c1-c1cccnc1. The molecule has 1 N–H and O–H groups in total. The van der Waals surface area contributed by atoms with Crippen molar-refractivity contribution in [1.82, 2.24) is 19.7 Å². The average molecular weight is 390 g/mol. The maximum Gasteiger partial charge on any atom is 0.407 e. The van der Waals surface area contributed by atoms with E-state index in [1.54, 1.807) is 28.9 Å². The Morgan fingerprint density at radius 1 is 1.17 bits per heavy atom. The first kappa shape index (κ1) is 18.6. The van der Waals surface area contributed by atoms with Crippen LogP contribution in [0.5, 0.6) is 0 Å². The van der Waals surface area contributed by atoms with Crippen LogP contribution >= 0.6 is 0 Å². The van der Waals surface area contributed by atoms with E-state index in [0.717, 1.165) is 11.1 Å². The summed E-state index contributed by atoms with van der Waals surface area (Å²) in [5.41, 5.74) is 3.51. The number of imidazole rings is 1. The fourth-order valence-electron chi connectivity index (χ4n) is 3.14. The third kappa shape index (κ3) is 4.08. The lowest BCUT2D eigenvalue weighted by atomic mass is 10.1. The largest absolute Gasteiger partial charge is 0.445 e. The summed E-state index contributed by atoms with van der Waals surface area (Å²) in [6.45, 7) is 1.98. The van der Waals surface area contributed by atoms with Crippen LogP contribution in [0.25, 0.3) is 16.9 Å². The van der Waals surface area contributed by atoms with Crippen LogP contribution < -0.4 is 5.32 Å². The van der Waals surface area contributed by atoms with Gasteiger partial charge in [0.1, 0.15) is 18.1 Å². The molecular weight excluding hydrogens is 371 g/mol. The molecule has 7 heteroatoms. The van der Waals surface area contributed by atoms with E-state index < -0.39 is 12.1 Å². The van der Waals surface area contributed by atoms with Gasteiger partial charge < -0.3 is 10.1 Å². The number of aromatic nitrogens is 3. The Morgan fingerprint density at radius 2 is 2.00 bits per heavy atom. The van der Waals surface area contributed by atoms with Gasteiger partial charge in [0, 0.05) is 24.2 Å². The monoisotopic (exact) mass is 390 g/mol. The van der Waals surface area contributed by atoms with Crippen molar-refractivity contribution in [1.29, 1.82) is 0 Å². The van der Waals surface area contributed by atoms with Gasteiger partial charge in [-0.2, -0.15) is 0 Å². The van der Waals surface area contributed by atoms with Gasteiger partial charge >= 0.3 is 6.09 Å². The molecule has 1 unspecified atom stereocenters. The van der Waals surface area contributed by atoms with Crippen molar-refractivity contribution in [2.45, 2.75) is 19.6 Å². The highest BCUT2D eigenvalue weighted by Crippen LogP contribution is 2.29. The van der Waals surface area contributed by atoms with Crippen LogP contribution in [-0.4, -0.2) is 20.5 Å². The molecule has 0 aliphatic rings. The molecule has 1 amide bonds. The summed E-state index contributed by atoms with van der Waals surface area (Å²) in [6.07, 6.45) is 4.16. The first-order chi connectivity index (χ1) is 14.1. The van der Waals surface area contributed by atoms with Gasteiger partial charge in [0.05, 0.1) is 17.4 Å². The van der Waals surface area contributed by atoms with Crippen LogP contribution in [0.4, 0.5) is 9.18 Å². The van der Waals surface area contributed by atoms with Gasteiger partial charge in [0.2, 0.25) is 0 Å². The molecule has 29 heavy (non-hydrogen) atoms. The molecule has 0 fully saturated rings. The summed E-state index contributed by atoms with van der Waals surface area (Å²) in [7, 11) is 0. The number of carbonyl (C=O) groups excluding carboxylic acids is 1. The number of fused-ring (bicyclic) bond motifs is 1. The Labute approximate surface area is 167 Å². The molecule has 0 saturated heterocycles. The predicted molar refractivity (Wildman–Crippen MR) is 107 cm³/mol. The second-order valence-corrected chi connectivity index (χ2v) is 6.59. The van der Waals surface area contributed by atoms with E-state index >= 15 is 0 Å². The second-order valence-electron chi connectivity index (χ2n) is 6.59. The van der Waals surface area contributed by atoms with E-state index in [1.165, 1.54) is 12.3 Å². The zero-order chi connectivity index (χ0) is 20.2. The maximum absolute atomic E-state index is 13.9. The summed E-state index contributed by atoms with van der Waals surface area (Å²) in [4.78, 5) is 21.0. The van der Waals surface area contributed by atoms with Crippen LogP contribution in [0.2, 0.25) is 0 Å². The number of nitrogens with zero attached hydrogens (tertiary/aromatic N) is 3. The Kier molecular flexibility index (Phi) is 5.20. The van der Waals surface area contributed by atoms with E-state index in [1.807, 2.05) is 43.3 Å². The number of amides is 1. The minimum Gasteiger partial charge on any atom is -0.445 e. The normalized spacial score (nSPS) is 11.9. The Hall–Kier alpha value is -3.74. The highest BCUT2D eigenvalue weighted by molar-refractivity contribution is 5.71. The number of rotatable bonds is 5. The van der Waals surface area contributed by atoms with Gasteiger partial charge in [-0.05, 0) is 36.8 Å². The number of hydrogen-bond acceptors (Lipinski definition) is 4. The minimum atomic E-state index is -0.554. The van der Waals surface area contributed by atoms with Crippen molar-refractivity contribution in [3.63, 3.8) is 0 Å². The fourth-order valence-corrected chi connectivity index (χ4v) is 3.14. The molecule has 0 bridgehead atoms. The number of ether oxygens (including phenoxy) is 1. The van der Waals surface area contributed by atoms with Gasteiger partial charge in [-0.3, -0.25) is 9.38 Å². The minimum absolute atomic E-state index is 0.172. The molecule has 146 valence electrons. The molecule has 6 nitrogen and oxygen atoms in total. The molecule has 0 aliphatic heterocycles. The zero-order valence-electron chi connectivity index (χ0n) is 15.7. The average Bonchev–Trinajstić information content (AvgIpc) is 3.12. The number of hydrogen-bond donors (Lipinski definition) is 1. The van der Waals surface area contributed by atoms with Gasteiger partial charge in [-0.25, -0.2) is 14.2 Å². The first-order valence-electron chi connectivity index (χ1n) is 9.17. The third-order valence-corrected chi connectivity index (χ3v) is 4.50. The van der Waals surface area contributed by atoms with Crippen molar-refractivity contribution < 1.29 is 13.9 Å². The predicted octanol–water partition coefficient (Wildman–Crippen LogP) is 4.52. The molecule has 0 radical (unpaired) electrons. The molecule has 3 heterocycles. The Morgan fingerprint density at radius 3 is 2.76 bits per heavy atom. The van der Waals surface area contributed by atoms with Crippen LogP contribution in [0.15, 0.2) is 73.2 Å². The summed E-state index contributed by atoms with van der Waals surface area (Å²) in [5.74, 6) is -0.380. The van der Waals surface area contributed by atoms with Crippen molar-refractivity contribution in [2.24, 2.45) is 0 Å². The lowest BCUT2D eigenvalue weighted by Gasteiger charge is -2.14. The molecule has 1 atom stereocenters. The highest BCUT2D eigenvalue weighted by Gasteiger charge is 2.21. The summed E-state index contributed by atoms with van der Waals surface area (Å²) < 4.78 is 20.8. The van der Waals surface area contributed by atoms with Gasteiger partial charge in [-0.15, -0.1) is 0 Å². The van der Waals surface area contributed by atoms with E-state index in [0.29, 0.717) is 17.0 Å². The zero-order valence-corrected chi connectivity index (χ0v) is 15.7. The standard InChI is InChI=1S/C22H19FN4O2/c1-15(25-22(28)29-14-16-6-3-2-4-7-16)20-21(17-8-5-11-24-12-17)27-13-18(23)9-10-19(27)26-20/h2-13,15H,14H2,1H3,(H,25,28). The molecule has 4 aromatic rings. The summed E-state index contributed by atoms with van der Waals surface area (Å²) in [5, 5.41) is 2.80. The quantitative estimate of drug-likeness (QED) is 0.544. The Bertz CT molecular complexity index is 1130.